The molecule has 0 aliphatic rings. The first-order valence-electron chi connectivity index (χ1n) is 0. The Morgan fingerprint density at radius 3 is 0.273 bits per heavy atom. The molecule has 0 aliphatic carbocycles. The van der Waals surface area contributed by atoms with Gasteiger partial charge in [-0.2, -0.15) is 0 Å². The van der Waals surface area contributed by atoms with Gasteiger partial charge >= 0.3 is 127 Å². The van der Waals surface area contributed by atoms with Crippen molar-refractivity contribution in [3.05, 3.63) is 0 Å². The van der Waals surface area contributed by atoms with Crippen LogP contribution in [0.1, 0.15) is 0 Å². The molecule has 0 amide bonds. The second kappa shape index (κ2) is 152. The average Bonchev–Trinajstić information content (AvgIpc) is 0. The summed E-state index contributed by atoms with van der Waals surface area (Å²) in [5.41, 5.74) is 0. The molecule has 0 aromatic carbocycles. The van der Waals surface area contributed by atoms with Crippen LogP contribution in [-0.2, 0) is 81.8 Å². The molecule has 0 aromatic rings. The van der Waals surface area contributed by atoms with Crippen molar-refractivity contribution in [1.82, 2.24) is 0 Å². The summed E-state index contributed by atoms with van der Waals surface area (Å²) in [4.78, 5) is 0. The molecule has 0 saturated heterocycles. The summed E-state index contributed by atoms with van der Waals surface area (Å²) in [6.45, 7) is 0. The molecule has 0 saturated carbocycles. The second-order valence-electron chi connectivity index (χ2n) is 0. The summed E-state index contributed by atoms with van der Waals surface area (Å²) in [7, 11) is 0. The first-order chi connectivity index (χ1) is 0. The third-order valence-corrected chi connectivity index (χ3v) is 0. The Hall–Kier alpha value is 3.90. The van der Waals surface area contributed by atoms with Gasteiger partial charge in [-0.05, 0) is 0 Å². The standard InChI is InChI=1S/2Ce.7O.2Ti/q2*+3;7*-2;2*+4. The zero-order valence-corrected chi connectivity index (χ0v) is 14.3. The SMILES string of the molecule is [Ce+3].[Ce+3].[O-2].[O-2].[O-2].[O-2].[O-2].[O-2].[O-2].[Ti+4].[Ti+4]. The minimum absolute atomic E-state index is 0. The van der Waals surface area contributed by atoms with Crippen molar-refractivity contribution in [3.8, 4) is 0 Å². The maximum atomic E-state index is 0. The molecule has 0 rings (SSSR count). The summed E-state index contributed by atoms with van der Waals surface area (Å²) in [5, 5.41) is 0. The monoisotopic (exact) mass is 488 g/mol. The van der Waals surface area contributed by atoms with E-state index in [-0.39, 0.29) is 165 Å². The van der Waals surface area contributed by atoms with Gasteiger partial charge in [-0.3, -0.25) is 0 Å². The van der Waals surface area contributed by atoms with E-state index in [1.54, 1.807) is 0 Å². The molecule has 0 aromatic heterocycles. The van der Waals surface area contributed by atoms with Gasteiger partial charge in [0.1, 0.15) is 0 Å². The molecule has 0 spiro atoms. The quantitative estimate of drug-likeness (QED) is 0.384. The molecular formula is Ce2O7Ti2. The Labute approximate surface area is 162 Å². The Morgan fingerprint density at radius 1 is 0.273 bits per heavy atom. The molecule has 0 fully saturated rings. The van der Waals surface area contributed by atoms with Crippen LogP contribution in [0.25, 0.3) is 0 Å². The summed E-state index contributed by atoms with van der Waals surface area (Å²) in [6.07, 6.45) is 0. The fourth-order valence-corrected chi connectivity index (χ4v) is 0. The van der Waals surface area contributed by atoms with Crippen LogP contribution in [0.5, 0.6) is 0 Å². The van der Waals surface area contributed by atoms with Crippen LogP contribution in [0.2, 0.25) is 0 Å². The van der Waals surface area contributed by atoms with E-state index in [0.717, 1.165) is 0 Å². The van der Waals surface area contributed by atoms with Crippen LogP contribution < -0.4 is 0 Å². The van der Waals surface area contributed by atoms with Crippen LogP contribution in [0.4, 0.5) is 0 Å². The molecule has 0 N–H and O–H groups in total. The van der Waals surface area contributed by atoms with Gasteiger partial charge in [-0.1, -0.05) is 0 Å². The van der Waals surface area contributed by atoms with E-state index in [1.807, 2.05) is 0 Å². The van der Waals surface area contributed by atoms with E-state index in [9.17, 15) is 0 Å². The number of hydrogen-bond acceptors (Lipinski definition) is 0. The van der Waals surface area contributed by atoms with E-state index in [0.29, 0.717) is 0 Å². The third kappa shape index (κ3) is 129. The maximum absolute atomic E-state index is 0. The molecule has 0 aliphatic heterocycles. The van der Waals surface area contributed by atoms with Crippen molar-refractivity contribution >= 4 is 0 Å². The van der Waals surface area contributed by atoms with Gasteiger partial charge in [0, 0.05) is 0 Å². The minimum atomic E-state index is 0. The zero-order valence-electron chi connectivity index (χ0n) is 4.86. The maximum Gasteiger partial charge on any atom is 4.00 e. The fraction of sp³-hybridized carbons (Fsp3) is 0. The summed E-state index contributed by atoms with van der Waals surface area (Å²) in [5.74, 6) is 0. The summed E-state index contributed by atoms with van der Waals surface area (Å²) < 4.78 is 0. The van der Waals surface area contributed by atoms with Crippen LogP contribution >= 0.6 is 0 Å². The van der Waals surface area contributed by atoms with Crippen LogP contribution in [0, 0.1) is 83.5 Å². The molecule has 0 unspecified atom stereocenters. The molecule has 7 nitrogen and oxygen atoms in total. The second-order valence-corrected chi connectivity index (χ2v) is 0. The Bertz CT molecular complexity index is 14.4. The Balaban J connectivity index is 0. The Morgan fingerprint density at radius 2 is 0.273 bits per heavy atom. The van der Waals surface area contributed by atoms with Gasteiger partial charge in [0.15, 0.2) is 0 Å². The number of rotatable bonds is 0. The van der Waals surface area contributed by atoms with E-state index < -0.39 is 0 Å². The normalized spacial score (nSPS) is 0. The molecule has 11 heavy (non-hydrogen) atoms. The first kappa shape index (κ1) is 189. The van der Waals surface area contributed by atoms with E-state index in [2.05, 4.69) is 0 Å². The van der Waals surface area contributed by atoms with Crippen molar-refractivity contribution in [2.45, 2.75) is 0 Å². The van der Waals surface area contributed by atoms with Gasteiger partial charge in [-0.15, -0.1) is 0 Å². The molecular weight excluding hydrogens is 488 g/mol. The molecule has 0 heterocycles. The molecule has 0 atom stereocenters. The van der Waals surface area contributed by atoms with Gasteiger partial charge in [0.25, 0.3) is 0 Å². The van der Waals surface area contributed by atoms with Gasteiger partial charge in [0.05, 0.1) is 0 Å². The fourth-order valence-electron chi connectivity index (χ4n) is 0. The van der Waals surface area contributed by atoms with Gasteiger partial charge in [-0.25, -0.2) is 0 Å². The van der Waals surface area contributed by atoms with E-state index in [4.69, 9.17) is 0 Å². The predicted octanol–water partition coefficient (Wildman–Crippen LogP) is -0.837. The van der Waals surface area contributed by atoms with Crippen molar-refractivity contribution in [3.63, 3.8) is 0 Å². The Kier molecular flexibility index (Phi) is 2610. The largest absolute Gasteiger partial charge is 4.00 e. The average molecular weight is 488 g/mol. The van der Waals surface area contributed by atoms with Crippen LogP contribution in [0.15, 0.2) is 0 Å². The smallest absolute Gasteiger partial charge is 2.00 e. The third-order valence-electron chi connectivity index (χ3n) is 0. The van der Waals surface area contributed by atoms with E-state index in [1.165, 1.54) is 0 Å². The molecule has 2 radical (unpaired) electrons. The van der Waals surface area contributed by atoms with Crippen molar-refractivity contribution in [2.24, 2.45) is 0 Å². The minimum Gasteiger partial charge on any atom is -2.00 e. The van der Waals surface area contributed by atoms with Gasteiger partial charge < -0.3 is 38.3 Å². The topological polar surface area (TPSA) is 200 Å². The predicted molar refractivity (Wildman–Crippen MR) is 4.81 cm³/mol. The van der Waals surface area contributed by atoms with E-state index >= 15 is 0 Å². The molecule has 58 valence electrons. The first-order valence-corrected chi connectivity index (χ1v) is 0. The van der Waals surface area contributed by atoms with Gasteiger partial charge in [0.2, 0.25) is 0 Å². The van der Waals surface area contributed by atoms with Crippen LogP contribution in [-0.4, -0.2) is 0 Å². The summed E-state index contributed by atoms with van der Waals surface area (Å²) >= 11 is 0. The van der Waals surface area contributed by atoms with Crippen molar-refractivity contribution in [1.29, 1.82) is 0 Å². The summed E-state index contributed by atoms with van der Waals surface area (Å²) in [6, 6.07) is 0. The van der Waals surface area contributed by atoms with Crippen LogP contribution in [0.3, 0.4) is 0 Å². The molecule has 11 heteroatoms. The van der Waals surface area contributed by atoms with Crippen molar-refractivity contribution in [2.75, 3.05) is 0 Å². The van der Waals surface area contributed by atoms with Crippen molar-refractivity contribution < 1.29 is 165 Å². The zero-order chi connectivity index (χ0) is 0. The number of hydrogen-bond donors (Lipinski definition) is 0. The molecule has 0 bridgehead atoms.